The zero-order valence-electron chi connectivity index (χ0n) is 15.4. The Bertz CT molecular complexity index is 751. The van der Waals surface area contributed by atoms with Crippen molar-refractivity contribution in [2.45, 2.75) is 6.54 Å². The molecule has 0 unspecified atom stereocenters. The highest BCUT2D eigenvalue weighted by molar-refractivity contribution is 5.97. The maximum absolute atomic E-state index is 12.6. The highest BCUT2D eigenvalue weighted by Crippen LogP contribution is 2.13. The van der Waals surface area contributed by atoms with Crippen LogP contribution in [0.1, 0.15) is 26.3 Å². The van der Waals surface area contributed by atoms with Gasteiger partial charge in [-0.15, -0.1) is 0 Å². The summed E-state index contributed by atoms with van der Waals surface area (Å²) >= 11 is 0. The first kappa shape index (κ1) is 18.1. The number of carbonyl (C=O) groups is 2. The molecule has 0 aliphatic carbocycles. The molecule has 1 aliphatic heterocycles. The highest BCUT2D eigenvalue weighted by atomic mass is 16.2. The predicted molar refractivity (Wildman–Crippen MR) is 102 cm³/mol. The van der Waals surface area contributed by atoms with E-state index in [0.29, 0.717) is 17.7 Å². The minimum Gasteiger partial charge on any atom is -0.337 e. The topological polar surface area (TPSA) is 43.9 Å². The monoisotopic (exact) mass is 351 g/mol. The first-order valence-corrected chi connectivity index (χ1v) is 8.92. The van der Waals surface area contributed by atoms with E-state index in [1.54, 1.807) is 36.2 Å². The molecule has 26 heavy (non-hydrogen) atoms. The number of carbonyl (C=O) groups excluding carboxylic acids is 2. The van der Waals surface area contributed by atoms with Crippen LogP contribution in [-0.4, -0.2) is 66.8 Å². The van der Waals surface area contributed by atoms with Crippen molar-refractivity contribution in [3.8, 4) is 0 Å². The fourth-order valence-electron chi connectivity index (χ4n) is 3.10. The molecular weight excluding hydrogens is 326 g/mol. The van der Waals surface area contributed by atoms with Gasteiger partial charge in [0, 0.05) is 50.9 Å². The van der Waals surface area contributed by atoms with Gasteiger partial charge in [0.25, 0.3) is 11.8 Å². The number of piperazine rings is 1. The van der Waals surface area contributed by atoms with Crippen LogP contribution >= 0.6 is 0 Å². The van der Waals surface area contributed by atoms with Crippen LogP contribution < -0.4 is 0 Å². The van der Waals surface area contributed by atoms with Crippen molar-refractivity contribution in [1.29, 1.82) is 0 Å². The van der Waals surface area contributed by atoms with Gasteiger partial charge in [0.15, 0.2) is 0 Å². The second-order valence-corrected chi connectivity index (χ2v) is 6.82. The van der Waals surface area contributed by atoms with Crippen molar-refractivity contribution in [1.82, 2.24) is 14.7 Å². The maximum Gasteiger partial charge on any atom is 0.253 e. The summed E-state index contributed by atoms with van der Waals surface area (Å²) < 4.78 is 0. The first-order chi connectivity index (χ1) is 12.5. The third-order valence-electron chi connectivity index (χ3n) is 4.78. The van der Waals surface area contributed by atoms with Crippen molar-refractivity contribution < 1.29 is 9.59 Å². The predicted octanol–water partition coefficient (Wildman–Crippen LogP) is 2.35. The van der Waals surface area contributed by atoms with Crippen molar-refractivity contribution >= 4 is 11.8 Å². The average Bonchev–Trinajstić information content (AvgIpc) is 2.68. The number of likely N-dealkylation sites (N-methyl/N-ethyl adjacent to an activating group) is 1. The van der Waals surface area contributed by atoms with E-state index >= 15 is 0 Å². The van der Waals surface area contributed by atoms with Crippen LogP contribution in [0.2, 0.25) is 0 Å². The number of rotatable bonds is 4. The summed E-state index contributed by atoms with van der Waals surface area (Å²) in [6, 6.07) is 16.9. The molecule has 0 spiro atoms. The molecule has 2 aromatic rings. The lowest BCUT2D eigenvalue weighted by molar-refractivity contribution is 0.0663. The van der Waals surface area contributed by atoms with E-state index in [2.05, 4.69) is 11.9 Å². The van der Waals surface area contributed by atoms with Gasteiger partial charge in [-0.3, -0.25) is 9.59 Å². The Morgan fingerprint density at radius 2 is 1.46 bits per heavy atom. The zero-order valence-corrected chi connectivity index (χ0v) is 15.4. The van der Waals surface area contributed by atoms with E-state index in [4.69, 9.17) is 0 Å². The molecule has 5 nitrogen and oxygen atoms in total. The zero-order chi connectivity index (χ0) is 18.5. The van der Waals surface area contributed by atoms with Crippen LogP contribution in [0, 0.1) is 0 Å². The molecule has 5 heteroatoms. The van der Waals surface area contributed by atoms with E-state index in [0.717, 1.165) is 31.7 Å². The van der Waals surface area contributed by atoms with Crippen molar-refractivity contribution in [2.24, 2.45) is 0 Å². The molecule has 0 bridgehead atoms. The summed E-state index contributed by atoms with van der Waals surface area (Å²) in [6.45, 7) is 3.84. The van der Waals surface area contributed by atoms with Gasteiger partial charge in [-0.05, 0) is 36.9 Å². The Kier molecular flexibility index (Phi) is 5.68. The molecule has 1 aliphatic rings. The molecule has 1 fully saturated rings. The number of hydrogen-bond donors (Lipinski definition) is 0. The lowest BCUT2D eigenvalue weighted by Crippen LogP contribution is -2.47. The molecule has 136 valence electrons. The fourth-order valence-corrected chi connectivity index (χ4v) is 3.10. The lowest BCUT2D eigenvalue weighted by Gasteiger charge is -2.32. The first-order valence-electron chi connectivity index (χ1n) is 8.92. The molecule has 0 radical (unpaired) electrons. The summed E-state index contributed by atoms with van der Waals surface area (Å²) in [7, 11) is 3.85. The van der Waals surface area contributed by atoms with Crippen molar-refractivity contribution in [3.63, 3.8) is 0 Å². The van der Waals surface area contributed by atoms with Crippen LogP contribution in [0.25, 0.3) is 0 Å². The van der Waals surface area contributed by atoms with Gasteiger partial charge in [-0.1, -0.05) is 30.3 Å². The van der Waals surface area contributed by atoms with E-state index in [-0.39, 0.29) is 11.8 Å². The Morgan fingerprint density at radius 3 is 2.08 bits per heavy atom. The Hall–Kier alpha value is -2.66. The van der Waals surface area contributed by atoms with Gasteiger partial charge >= 0.3 is 0 Å². The number of hydrogen-bond acceptors (Lipinski definition) is 3. The van der Waals surface area contributed by atoms with Gasteiger partial charge in [0.1, 0.15) is 0 Å². The normalized spacial score (nSPS) is 14.9. The Labute approximate surface area is 154 Å². The molecular formula is C21H25N3O2. The molecule has 0 atom stereocenters. The van der Waals surface area contributed by atoms with Gasteiger partial charge in [-0.2, -0.15) is 0 Å². The second kappa shape index (κ2) is 8.15. The SMILES string of the molecule is CN1CCN(C(=O)c2ccc(C(=O)N(C)Cc3ccccc3)cc2)CC1. The standard InChI is InChI=1S/C21H25N3O2/c1-22-12-14-24(15-13-22)21(26)19-10-8-18(9-11-19)20(25)23(2)16-17-6-4-3-5-7-17/h3-11H,12-16H2,1-2H3. The van der Waals surface area contributed by atoms with E-state index in [9.17, 15) is 9.59 Å². The van der Waals surface area contributed by atoms with Gasteiger partial charge in [0.2, 0.25) is 0 Å². The molecule has 3 rings (SSSR count). The van der Waals surface area contributed by atoms with Crippen LogP contribution in [0.4, 0.5) is 0 Å². The van der Waals surface area contributed by atoms with Crippen LogP contribution in [-0.2, 0) is 6.54 Å². The summed E-state index contributed by atoms with van der Waals surface area (Å²) in [6.07, 6.45) is 0. The third-order valence-corrected chi connectivity index (χ3v) is 4.78. The summed E-state index contributed by atoms with van der Waals surface area (Å²) in [5.41, 5.74) is 2.32. The smallest absolute Gasteiger partial charge is 0.253 e. The Morgan fingerprint density at radius 1 is 0.885 bits per heavy atom. The van der Waals surface area contributed by atoms with Gasteiger partial charge in [0.05, 0.1) is 0 Å². The number of benzene rings is 2. The molecule has 1 saturated heterocycles. The van der Waals surface area contributed by atoms with E-state index in [1.807, 2.05) is 35.2 Å². The lowest BCUT2D eigenvalue weighted by atomic mass is 10.1. The number of amides is 2. The van der Waals surface area contributed by atoms with Gasteiger partial charge in [-0.25, -0.2) is 0 Å². The van der Waals surface area contributed by atoms with Crippen LogP contribution in [0.15, 0.2) is 54.6 Å². The largest absolute Gasteiger partial charge is 0.337 e. The van der Waals surface area contributed by atoms with E-state index in [1.165, 1.54) is 0 Å². The van der Waals surface area contributed by atoms with Gasteiger partial charge < -0.3 is 14.7 Å². The summed E-state index contributed by atoms with van der Waals surface area (Å²) in [4.78, 5) is 30.9. The highest BCUT2D eigenvalue weighted by Gasteiger charge is 2.20. The Balaban J connectivity index is 1.63. The minimum atomic E-state index is -0.0487. The molecule has 2 amide bonds. The van der Waals surface area contributed by atoms with Crippen molar-refractivity contribution in [3.05, 3.63) is 71.3 Å². The molecule has 0 N–H and O–H groups in total. The minimum absolute atomic E-state index is 0.0368. The average molecular weight is 351 g/mol. The molecule has 0 aromatic heterocycles. The van der Waals surface area contributed by atoms with Crippen LogP contribution in [0.5, 0.6) is 0 Å². The summed E-state index contributed by atoms with van der Waals surface area (Å²) in [5.74, 6) is -0.0119. The van der Waals surface area contributed by atoms with Crippen molar-refractivity contribution in [2.75, 3.05) is 40.3 Å². The molecule has 2 aromatic carbocycles. The summed E-state index contributed by atoms with van der Waals surface area (Å²) in [5, 5.41) is 0. The number of nitrogens with zero attached hydrogens (tertiary/aromatic N) is 3. The van der Waals surface area contributed by atoms with Crippen LogP contribution in [0.3, 0.4) is 0 Å². The molecule has 1 heterocycles. The fraction of sp³-hybridized carbons (Fsp3) is 0.333. The van der Waals surface area contributed by atoms with E-state index < -0.39 is 0 Å². The quantitative estimate of drug-likeness (QED) is 0.849. The third kappa shape index (κ3) is 4.29. The molecule has 0 saturated carbocycles. The maximum atomic E-state index is 12.6. The second-order valence-electron chi connectivity index (χ2n) is 6.82.